The SMILES string of the molecule is CNC1=C(c2ccccc2)NC(c2ccccc2N2CCOCC2)O1. The second-order valence-corrected chi connectivity index (χ2v) is 6.12. The Hall–Kier alpha value is -2.66. The van der Waals surface area contributed by atoms with Crippen LogP contribution in [0, 0.1) is 0 Å². The van der Waals surface area contributed by atoms with Gasteiger partial charge in [-0.05, 0) is 6.07 Å². The van der Waals surface area contributed by atoms with Gasteiger partial charge in [-0.15, -0.1) is 0 Å². The van der Waals surface area contributed by atoms with Crippen LogP contribution in [0.15, 0.2) is 60.5 Å². The summed E-state index contributed by atoms with van der Waals surface area (Å²) in [5, 5.41) is 6.71. The lowest BCUT2D eigenvalue weighted by molar-refractivity contribution is 0.114. The van der Waals surface area contributed by atoms with E-state index < -0.39 is 0 Å². The molecule has 0 amide bonds. The van der Waals surface area contributed by atoms with E-state index >= 15 is 0 Å². The highest BCUT2D eigenvalue weighted by molar-refractivity contribution is 5.68. The number of hydrogen-bond acceptors (Lipinski definition) is 5. The standard InChI is InChI=1S/C20H23N3O2/c1-21-20-18(15-7-3-2-4-8-15)22-19(25-20)16-9-5-6-10-17(16)23-11-13-24-14-12-23/h2-10,19,21-22H,11-14H2,1H3. The molecule has 130 valence electrons. The molecular weight excluding hydrogens is 314 g/mol. The summed E-state index contributed by atoms with van der Waals surface area (Å²) < 4.78 is 11.7. The molecule has 2 heterocycles. The molecule has 0 radical (unpaired) electrons. The largest absolute Gasteiger partial charge is 0.449 e. The Balaban J connectivity index is 1.62. The molecule has 2 aromatic rings. The lowest BCUT2D eigenvalue weighted by Crippen LogP contribution is -2.37. The molecule has 1 atom stereocenters. The van der Waals surface area contributed by atoms with Gasteiger partial charge in [0, 0.05) is 37.0 Å². The van der Waals surface area contributed by atoms with Gasteiger partial charge in [0.25, 0.3) is 0 Å². The molecule has 2 N–H and O–H groups in total. The van der Waals surface area contributed by atoms with E-state index in [0.717, 1.165) is 49.0 Å². The molecule has 0 aromatic heterocycles. The van der Waals surface area contributed by atoms with Crippen LogP contribution in [0.25, 0.3) is 5.70 Å². The van der Waals surface area contributed by atoms with Crippen molar-refractivity contribution < 1.29 is 9.47 Å². The van der Waals surface area contributed by atoms with Crippen molar-refractivity contribution in [1.82, 2.24) is 10.6 Å². The maximum atomic E-state index is 6.19. The maximum absolute atomic E-state index is 6.19. The van der Waals surface area contributed by atoms with Crippen molar-refractivity contribution in [3.63, 3.8) is 0 Å². The number of hydrogen-bond donors (Lipinski definition) is 2. The van der Waals surface area contributed by atoms with Crippen molar-refractivity contribution in [2.24, 2.45) is 0 Å². The molecule has 2 aliphatic rings. The zero-order valence-electron chi connectivity index (χ0n) is 14.4. The Labute approximate surface area is 148 Å². The van der Waals surface area contributed by atoms with E-state index in [0.29, 0.717) is 0 Å². The van der Waals surface area contributed by atoms with Crippen molar-refractivity contribution in [1.29, 1.82) is 0 Å². The fourth-order valence-corrected chi connectivity index (χ4v) is 3.35. The molecule has 2 aliphatic heterocycles. The van der Waals surface area contributed by atoms with Crippen LogP contribution >= 0.6 is 0 Å². The van der Waals surface area contributed by atoms with Crippen LogP contribution in [-0.4, -0.2) is 33.4 Å². The Morgan fingerprint density at radius 3 is 2.48 bits per heavy atom. The Bertz CT molecular complexity index is 755. The third kappa shape index (κ3) is 3.15. The average Bonchev–Trinajstić information content (AvgIpc) is 3.14. The molecule has 0 saturated carbocycles. The number of rotatable bonds is 4. The lowest BCUT2D eigenvalue weighted by Gasteiger charge is -2.31. The summed E-state index contributed by atoms with van der Waals surface area (Å²) >= 11 is 0. The van der Waals surface area contributed by atoms with Gasteiger partial charge in [-0.2, -0.15) is 0 Å². The number of anilines is 1. The summed E-state index contributed by atoms with van der Waals surface area (Å²) in [7, 11) is 1.89. The highest BCUT2D eigenvalue weighted by Crippen LogP contribution is 2.35. The predicted octanol–water partition coefficient (Wildman–Crippen LogP) is 2.69. The first-order valence-corrected chi connectivity index (χ1v) is 8.69. The van der Waals surface area contributed by atoms with E-state index in [9.17, 15) is 0 Å². The smallest absolute Gasteiger partial charge is 0.213 e. The first-order valence-electron chi connectivity index (χ1n) is 8.69. The molecule has 25 heavy (non-hydrogen) atoms. The lowest BCUT2D eigenvalue weighted by atomic mass is 10.1. The number of morpholine rings is 1. The molecule has 1 unspecified atom stereocenters. The van der Waals surface area contributed by atoms with Gasteiger partial charge in [0.2, 0.25) is 5.88 Å². The van der Waals surface area contributed by atoms with E-state index in [1.54, 1.807) is 0 Å². The molecule has 5 nitrogen and oxygen atoms in total. The highest BCUT2D eigenvalue weighted by atomic mass is 16.5. The van der Waals surface area contributed by atoms with Gasteiger partial charge in [-0.25, -0.2) is 0 Å². The van der Waals surface area contributed by atoms with Gasteiger partial charge in [0.05, 0.1) is 13.2 Å². The Morgan fingerprint density at radius 2 is 1.72 bits per heavy atom. The molecule has 1 saturated heterocycles. The van der Waals surface area contributed by atoms with Crippen LogP contribution in [0.4, 0.5) is 5.69 Å². The number of para-hydroxylation sites is 1. The van der Waals surface area contributed by atoms with Gasteiger partial charge >= 0.3 is 0 Å². The topological polar surface area (TPSA) is 45.8 Å². The summed E-state index contributed by atoms with van der Waals surface area (Å²) in [6, 6.07) is 18.7. The van der Waals surface area contributed by atoms with E-state index in [-0.39, 0.29) is 6.23 Å². The Morgan fingerprint density at radius 1 is 1.00 bits per heavy atom. The van der Waals surface area contributed by atoms with Crippen LogP contribution in [0.5, 0.6) is 0 Å². The third-order valence-electron chi connectivity index (χ3n) is 4.60. The number of nitrogens with zero attached hydrogens (tertiary/aromatic N) is 1. The fourth-order valence-electron chi connectivity index (χ4n) is 3.35. The normalized spacial score (nSPS) is 20.2. The first-order chi connectivity index (χ1) is 12.4. The minimum Gasteiger partial charge on any atom is -0.449 e. The molecule has 1 fully saturated rings. The monoisotopic (exact) mass is 337 g/mol. The van der Waals surface area contributed by atoms with E-state index in [1.807, 2.05) is 25.2 Å². The van der Waals surface area contributed by atoms with E-state index in [4.69, 9.17) is 9.47 Å². The van der Waals surface area contributed by atoms with Gasteiger partial charge in [-0.1, -0.05) is 48.5 Å². The van der Waals surface area contributed by atoms with Gasteiger partial charge < -0.3 is 25.0 Å². The van der Waals surface area contributed by atoms with Crippen LogP contribution in [0.2, 0.25) is 0 Å². The van der Waals surface area contributed by atoms with Crippen LogP contribution in [0.3, 0.4) is 0 Å². The van der Waals surface area contributed by atoms with Gasteiger partial charge in [0.1, 0.15) is 5.70 Å². The number of ether oxygens (including phenoxy) is 2. The molecular formula is C20H23N3O2. The van der Waals surface area contributed by atoms with Crippen molar-refractivity contribution in [2.45, 2.75) is 6.23 Å². The number of benzene rings is 2. The quantitative estimate of drug-likeness (QED) is 0.898. The summed E-state index contributed by atoms with van der Waals surface area (Å²) in [5.74, 6) is 0.771. The Kier molecular flexibility index (Phi) is 4.48. The zero-order valence-corrected chi connectivity index (χ0v) is 14.4. The van der Waals surface area contributed by atoms with Crippen LogP contribution in [-0.2, 0) is 9.47 Å². The molecule has 2 aromatic carbocycles. The second-order valence-electron chi connectivity index (χ2n) is 6.12. The summed E-state index contributed by atoms with van der Waals surface area (Å²) in [6.07, 6.45) is -0.211. The van der Waals surface area contributed by atoms with E-state index in [1.165, 1.54) is 5.69 Å². The van der Waals surface area contributed by atoms with Crippen molar-refractivity contribution in [2.75, 3.05) is 38.3 Å². The molecule has 5 heteroatoms. The number of nitrogens with one attached hydrogen (secondary N) is 2. The summed E-state index contributed by atoms with van der Waals surface area (Å²) in [5.41, 5.74) is 4.44. The van der Waals surface area contributed by atoms with Crippen LogP contribution in [0.1, 0.15) is 17.4 Å². The second kappa shape index (κ2) is 7.07. The first kappa shape index (κ1) is 15.8. The van der Waals surface area contributed by atoms with Crippen molar-refractivity contribution in [3.8, 4) is 0 Å². The average molecular weight is 337 g/mol. The minimum absolute atomic E-state index is 0.211. The maximum Gasteiger partial charge on any atom is 0.213 e. The van der Waals surface area contributed by atoms with Crippen LogP contribution < -0.4 is 15.5 Å². The molecule has 0 spiro atoms. The predicted molar refractivity (Wildman–Crippen MR) is 98.9 cm³/mol. The third-order valence-corrected chi connectivity index (χ3v) is 4.60. The summed E-state index contributed by atoms with van der Waals surface area (Å²) in [6.45, 7) is 3.34. The zero-order chi connectivity index (χ0) is 17.1. The van der Waals surface area contributed by atoms with Gasteiger partial charge in [-0.3, -0.25) is 0 Å². The highest BCUT2D eigenvalue weighted by Gasteiger charge is 2.29. The minimum atomic E-state index is -0.211. The molecule has 0 bridgehead atoms. The fraction of sp³-hybridized carbons (Fsp3) is 0.300. The molecule has 4 rings (SSSR count). The van der Waals surface area contributed by atoms with E-state index in [2.05, 4.69) is 51.9 Å². The summed E-state index contributed by atoms with van der Waals surface area (Å²) in [4.78, 5) is 2.36. The van der Waals surface area contributed by atoms with Crippen molar-refractivity contribution >= 4 is 11.4 Å². The van der Waals surface area contributed by atoms with Gasteiger partial charge in [0.15, 0.2) is 6.23 Å². The van der Waals surface area contributed by atoms with Crippen molar-refractivity contribution in [3.05, 3.63) is 71.6 Å². The molecule has 0 aliphatic carbocycles.